The summed E-state index contributed by atoms with van der Waals surface area (Å²) in [5, 5.41) is 0. The van der Waals surface area contributed by atoms with Crippen molar-refractivity contribution in [1.82, 2.24) is 0 Å². The topological polar surface area (TPSA) is 52.6 Å². The zero-order valence-electron chi connectivity index (χ0n) is 9.02. The summed E-state index contributed by atoms with van der Waals surface area (Å²) in [5.74, 6) is 0.186. The predicted octanol–water partition coefficient (Wildman–Crippen LogP) is 1.43. The summed E-state index contributed by atoms with van der Waals surface area (Å²) in [6, 6.07) is 0. The third kappa shape index (κ3) is 1.05. The number of esters is 2. The molecule has 4 aliphatic rings. The van der Waals surface area contributed by atoms with E-state index >= 15 is 0 Å². The SMILES string of the molecule is C=C(I)C(=O)OC1CC23CC1C1C(=O)OC2C13. The van der Waals surface area contributed by atoms with Crippen molar-refractivity contribution in [3.8, 4) is 0 Å². The molecule has 3 saturated carbocycles. The van der Waals surface area contributed by atoms with Gasteiger partial charge in [-0.1, -0.05) is 6.58 Å². The van der Waals surface area contributed by atoms with Gasteiger partial charge >= 0.3 is 11.9 Å². The number of ether oxygens (including phenoxy) is 2. The maximum absolute atomic E-state index is 11.6. The van der Waals surface area contributed by atoms with Crippen molar-refractivity contribution in [3.05, 3.63) is 10.2 Å². The van der Waals surface area contributed by atoms with Crippen LogP contribution in [0.1, 0.15) is 12.8 Å². The van der Waals surface area contributed by atoms with E-state index < -0.39 is 0 Å². The average molecular weight is 346 g/mol. The van der Waals surface area contributed by atoms with Gasteiger partial charge in [0, 0.05) is 17.3 Å². The van der Waals surface area contributed by atoms with Gasteiger partial charge < -0.3 is 9.47 Å². The number of halogens is 1. The largest absolute Gasteiger partial charge is 0.461 e. The van der Waals surface area contributed by atoms with E-state index in [1.807, 2.05) is 22.6 Å². The molecule has 1 saturated heterocycles. The molecule has 6 unspecified atom stereocenters. The van der Waals surface area contributed by atoms with E-state index in [4.69, 9.17) is 9.47 Å². The molecule has 0 amide bonds. The highest BCUT2D eigenvalue weighted by Gasteiger charge is 2.85. The average Bonchev–Trinajstić information content (AvgIpc) is 2.64. The Morgan fingerprint density at radius 3 is 3.00 bits per heavy atom. The lowest BCUT2D eigenvalue weighted by Gasteiger charge is -2.26. The summed E-state index contributed by atoms with van der Waals surface area (Å²) in [6.45, 7) is 3.57. The lowest BCUT2D eigenvalue weighted by Crippen LogP contribution is -2.34. The number of fused-ring (bicyclic) bond motifs is 2. The van der Waals surface area contributed by atoms with E-state index in [1.54, 1.807) is 0 Å². The second kappa shape index (κ2) is 2.87. The third-order valence-electron chi connectivity index (χ3n) is 4.97. The van der Waals surface area contributed by atoms with Gasteiger partial charge in [0.1, 0.15) is 12.2 Å². The third-order valence-corrected chi connectivity index (χ3v) is 5.41. The molecule has 1 heterocycles. The number of carbonyl (C=O) groups excluding carboxylic acids is 2. The molecule has 6 atom stereocenters. The Morgan fingerprint density at radius 2 is 2.29 bits per heavy atom. The summed E-state index contributed by atoms with van der Waals surface area (Å²) >= 11 is 1.87. The van der Waals surface area contributed by atoms with E-state index in [1.165, 1.54) is 0 Å². The maximum atomic E-state index is 11.6. The van der Waals surface area contributed by atoms with Crippen LogP contribution in [0.3, 0.4) is 0 Å². The van der Waals surface area contributed by atoms with Gasteiger partial charge in [-0.3, -0.25) is 4.79 Å². The highest BCUT2D eigenvalue weighted by molar-refractivity contribution is 14.1. The van der Waals surface area contributed by atoms with Gasteiger partial charge in [-0.25, -0.2) is 4.79 Å². The molecule has 4 nitrogen and oxygen atoms in total. The fourth-order valence-corrected chi connectivity index (χ4v) is 4.51. The van der Waals surface area contributed by atoms with Crippen molar-refractivity contribution in [2.24, 2.45) is 23.2 Å². The Morgan fingerprint density at radius 1 is 1.53 bits per heavy atom. The van der Waals surface area contributed by atoms with E-state index in [2.05, 4.69) is 6.58 Å². The molecule has 5 heteroatoms. The van der Waals surface area contributed by atoms with Crippen LogP contribution in [-0.2, 0) is 19.1 Å². The van der Waals surface area contributed by atoms with Crippen LogP contribution in [0, 0.1) is 23.2 Å². The molecular formula is C12H11IO4. The van der Waals surface area contributed by atoms with Gasteiger partial charge in [0.15, 0.2) is 0 Å². The molecule has 0 radical (unpaired) electrons. The van der Waals surface area contributed by atoms with E-state index in [-0.39, 0.29) is 41.4 Å². The smallest absolute Gasteiger partial charge is 0.344 e. The lowest BCUT2D eigenvalue weighted by atomic mass is 9.86. The van der Waals surface area contributed by atoms with Crippen LogP contribution in [0.4, 0.5) is 0 Å². The fraction of sp³-hybridized carbons (Fsp3) is 0.667. The van der Waals surface area contributed by atoms with Gasteiger partial charge in [-0.2, -0.15) is 0 Å². The first-order valence-corrected chi connectivity index (χ1v) is 6.88. The van der Waals surface area contributed by atoms with Gasteiger partial charge in [0.05, 0.1) is 9.50 Å². The van der Waals surface area contributed by atoms with Gasteiger partial charge in [0.2, 0.25) is 0 Å². The minimum absolute atomic E-state index is 0.00553. The molecule has 2 bridgehead atoms. The molecule has 1 spiro atoms. The van der Waals surface area contributed by atoms with Crippen molar-refractivity contribution >= 4 is 34.5 Å². The van der Waals surface area contributed by atoms with Crippen LogP contribution in [-0.4, -0.2) is 24.1 Å². The molecule has 4 rings (SSSR count). The van der Waals surface area contributed by atoms with Crippen LogP contribution < -0.4 is 0 Å². The number of hydrogen-bond donors (Lipinski definition) is 0. The van der Waals surface area contributed by atoms with E-state index in [0.717, 1.165) is 12.8 Å². The number of hydrogen-bond acceptors (Lipinski definition) is 4. The molecule has 3 aliphatic carbocycles. The highest BCUT2D eigenvalue weighted by Crippen LogP contribution is 2.79. The minimum Gasteiger partial charge on any atom is -0.461 e. The second-order valence-electron chi connectivity index (χ2n) is 5.56. The molecule has 1 aliphatic heterocycles. The zero-order valence-corrected chi connectivity index (χ0v) is 11.2. The lowest BCUT2D eigenvalue weighted by molar-refractivity contribution is -0.156. The van der Waals surface area contributed by atoms with Crippen molar-refractivity contribution in [2.45, 2.75) is 25.0 Å². The van der Waals surface area contributed by atoms with Crippen LogP contribution in [0.15, 0.2) is 10.2 Å². The quantitative estimate of drug-likeness (QED) is 0.431. The van der Waals surface area contributed by atoms with Crippen LogP contribution >= 0.6 is 22.6 Å². The van der Waals surface area contributed by atoms with Crippen molar-refractivity contribution < 1.29 is 19.1 Å². The van der Waals surface area contributed by atoms with Gasteiger partial charge in [-0.15, -0.1) is 0 Å². The molecule has 17 heavy (non-hydrogen) atoms. The first-order chi connectivity index (χ1) is 8.04. The van der Waals surface area contributed by atoms with Crippen molar-refractivity contribution in [3.63, 3.8) is 0 Å². The molecule has 0 aromatic heterocycles. The van der Waals surface area contributed by atoms with Crippen LogP contribution in [0.25, 0.3) is 0 Å². The van der Waals surface area contributed by atoms with Crippen molar-refractivity contribution in [1.29, 1.82) is 0 Å². The molecule has 4 fully saturated rings. The van der Waals surface area contributed by atoms with Crippen LogP contribution in [0.5, 0.6) is 0 Å². The maximum Gasteiger partial charge on any atom is 0.344 e. The summed E-state index contributed by atoms with van der Waals surface area (Å²) in [5.41, 5.74) is 0.167. The second-order valence-corrected chi connectivity index (χ2v) is 6.87. The molecule has 0 N–H and O–H groups in total. The van der Waals surface area contributed by atoms with E-state index in [0.29, 0.717) is 9.50 Å². The van der Waals surface area contributed by atoms with Crippen LogP contribution in [0.2, 0.25) is 0 Å². The number of carbonyl (C=O) groups is 2. The number of rotatable bonds is 2. The normalized spacial score (nSPS) is 52.1. The monoisotopic (exact) mass is 346 g/mol. The highest BCUT2D eigenvalue weighted by atomic mass is 127. The minimum atomic E-state index is -0.346. The van der Waals surface area contributed by atoms with E-state index in [9.17, 15) is 9.59 Å². The Hall–Kier alpha value is -0.590. The summed E-state index contributed by atoms with van der Waals surface area (Å²) in [4.78, 5) is 23.2. The molecule has 90 valence electrons. The summed E-state index contributed by atoms with van der Waals surface area (Å²) in [7, 11) is 0. The Kier molecular flexibility index (Phi) is 1.74. The summed E-state index contributed by atoms with van der Waals surface area (Å²) in [6.07, 6.45) is 1.88. The Labute approximate surface area is 112 Å². The first-order valence-electron chi connectivity index (χ1n) is 5.80. The van der Waals surface area contributed by atoms with Gasteiger partial charge in [-0.05, 0) is 35.4 Å². The molecule has 0 aromatic rings. The Bertz CT molecular complexity index is 473. The molecule has 0 aromatic carbocycles. The van der Waals surface area contributed by atoms with Gasteiger partial charge in [0.25, 0.3) is 0 Å². The van der Waals surface area contributed by atoms with Crippen molar-refractivity contribution in [2.75, 3.05) is 0 Å². The molecular weight excluding hydrogens is 335 g/mol. The Balaban J connectivity index is 1.57. The summed E-state index contributed by atoms with van der Waals surface area (Å²) < 4.78 is 11.2. The first kappa shape index (κ1) is 10.3. The predicted molar refractivity (Wildman–Crippen MR) is 65.1 cm³/mol. The standard InChI is InChI=1S/C12H11IO4/c1-4(13)10(14)16-6-3-12-2-5(6)7-8(12)9(12)17-11(7)15/h5-9H,1-3H2. The zero-order chi connectivity index (χ0) is 11.9. The fourth-order valence-electron chi connectivity index (χ4n) is 4.39.